The lowest BCUT2D eigenvalue weighted by atomic mass is 9.81. The van der Waals surface area contributed by atoms with E-state index in [1.807, 2.05) is 13.8 Å². The van der Waals surface area contributed by atoms with Crippen molar-refractivity contribution in [1.82, 2.24) is 4.98 Å². The summed E-state index contributed by atoms with van der Waals surface area (Å²) in [4.78, 5) is 5.09. The summed E-state index contributed by atoms with van der Waals surface area (Å²) in [5, 5.41) is 0.0613. The van der Waals surface area contributed by atoms with E-state index >= 15 is 4.39 Å². The quantitative estimate of drug-likeness (QED) is 0.224. The molecule has 2 atom stereocenters. The van der Waals surface area contributed by atoms with Crippen LogP contribution in [0.25, 0.3) is 11.1 Å². The van der Waals surface area contributed by atoms with Crippen LogP contribution in [0.2, 0.25) is 18.1 Å². The second-order valence-corrected chi connectivity index (χ2v) is 18.3. The lowest BCUT2D eigenvalue weighted by Crippen LogP contribution is -2.45. The summed E-state index contributed by atoms with van der Waals surface area (Å²) in [5.74, 6) is -0.502. The molecule has 4 rings (SSSR count). The van der Waals surface area contributed by atoms with Crippen molar-refractivity contribution in [2.45, 2.75) is 95.8 Å². The van der Waals surface area contributed by atoms with Gasteiger partial charge in [0.15, 0.2) is 6.17 Å². The summed E-state index contributed by atoms with van der Waals surface area (Å²) < 4.78 is 70.6. The number of aromatic nitrogens is 1. The lowest BCUT2D eigenvalue weighted by molar-refractivity contribution is -0.137. The largest absolute Gasteiger partial charge is 0.416 e. The van der Waals surface area contributed by atoms with Gasteiger partial charge < -0.3 is 0 Å². The van der Waals surface area contributed by atoms with Crippen molar-refractivity contribution in [3.63, 3.8) is 0 Å². The average Bonchev–Trinajstić information content (AvgIpc) is 2.86. The third-order valence-electron chi connectivity index (χ3n) is 8.90. The van der Waals surface area contributed by atoms with E-state index in [1.165, 1.54) is 24.3 Å². The molecule has 0 aliphatic heterocycles. The van der Waals surface area contributed by atoms with Crippen molar-refractivity contribution in [3.8, 4) is 11.1 Å². The first-order chi connectivity index (χ1) is 18.0. The standard InChI is InChI=1S/C32H38F5NSi/c1-19(2)30-28(29(34)21-11-15-22(16-12-21)32(35,36)37)26(20-13-17-23(33)18-14-20)27-24(38-30)9-8-10-25(27)39(6,7)31(3,4)5/h11-19,25,29H,8-10H2,1-7H3. The molecule has 0 saturated heterocycles. The molecule has 1 heterocycles. The Bertz CT molecular complexity index is 1320. The van der Waals surface area contributed by atoms with Gasteiger partial charge in [-0.2, -0.15) is 13.2 Å². The molecule has 39 heavy (non-hydrogen) atoms. The summed E-state index contributed by atoms with van der Waals surface area (Å²) in [6, 6.07) is 10.4. The first kappa shape index (κ1) is 29.4. The van der Waals surface area contributed by atoms with Crippen LogP contribution >= 0.6 is 0 Å². The summed E-state index contributed by atoms with van der Waals surface area (Å²) in [7, 11) is -2.00. The predicted molar refractivity (Wildman–Crippen MR) is 151 cm³/mol. The van der Waals surface area contributed by atoms with Crippen LogP contribution in [0.1, 0.15) is 98.7 Å². The summed E-state index contributed by atoms with van der Waals surface area (Å²) >= 11 is 0. The molecule has 3 aromatic rings. The molecule has 0 radical (unpaired) electrons. The van der Waals surface area contributed by atoms with Gasteiger partial charge in [0.25, 0.3) is 0 Å². The lowest BCUT2D eigenvalue weighted by Gasteiger charge is -2.46. The zero-order valence-corrected chi connectivity index (χ0v) is 24.8. The van der Waals surface area contributed by atoms with Crippen LogP contribution in [0.5, 0.6) is 0 Å². The molecule has 1 aliphatic carbocycles. The molecule has 2 unspecified atom stereocenters. The zero-order valence-electron chi connectivity index (χ0n) is 23.8. The maximum absolute atomic E-state index is 16.8. The highest BCUT2D eigenvalue weighted by Crippen LogP contribution is 2.53. The van der Waals surface area contributed by atoms with E-state index in [4.69, 9.17) is 4.98 Å². The number of benzene rings is 2. The number of nitrogens with zero attached hydrogens (tertiary/aromatic N) is 1. The smallest absolute Gasteiger partial charge is 0.257 e. The molecule has 210 valence electrons. The Morgan fingerprint density at radius 1 is 0.923 bits per heavy atom. The van der Waals surface area contributed by atoms with Crippen molar-refractivity contribution >= 4 is 8.07 Å². The molecule has 0 bridgehead atoms. The number of hydrogen-bond donors (Lipinski definition) is 0. The fourth-order valence-electron chi connectivity index (χ4n) is 5.74. The van der Waals surface area contributed by atoms with E-state index in [0.717, 1.165) is 48.2 Å². The molecule has 0 spiro atoms. The molecular weight excluding hydrogens is 521 g/mol. The highest BCUT2D eigenvalue weighted by atomic mass is 28.3. The van der Waals surface area contributed by atoms with E-state index in [0.29, 0.717) is 16.8 Å². The fraction of sp³-hybridized carbons (Fsp3) is 0.469. The highest BCUT2D eigenvalue weighted by Gasteiger charge is 2.46. The minimum Gasteiger partial charge on any atom is -0.257 e. The van der Waals surface area contributed by atoms with Gasteiger partial charge in [-0.1, -0.05) is 72.0 Å². The van der Waals surface area contributed by atoms with Crippen LogP contribution in [0.4, 0.5) is 22.0 Å². The molecular formula is C32H38F5NSi. The number of fused-ring (bicyclic) bond motifs is 1. The van der Waals surface area contributed by atoms with Gasteiger partial charge in [0.1, 0.15) is 5.82 Å². The van der Waals surface area contributed by atoms with Gasteiger partial charge in [-0.05, 0) is 82.3 Å². The number of hydrogen-bond acceptors (Lipinski definition) is 1. The van der Waals surface area contributed by atoms with Crippen LogP contribution in [0.3, 0.4) is 0 Å². The van der Waals surface area contributed by atoms with Crippen molar-refractivity contribution in [3.05, 3.63) is 88.0 Å². The Hall–Kier alpha value is -2.54. The minimum absolute atomic E-state index is 0.0613. The monoisotopic (exact) mass is 559 g/mol. The van der Waals surface area contributed by atoms with Crippen molar-refractivity contribution in [2.75, 3.05) is 0 Å². The zero-order chi connectivity index (χ0) is 28.9. The molecule has 1 aliphatic rings. The predicted octanol–water partition coefficient (Wildman–Crippen LogP) is 10.6. The van der Waals surface area contributed by atoms with Crippen LogP contribution in [0, 0.1) is 5.82 Å². The number of alkyl halides is 4. The van der Waals surface area contributed by atoms with Gasteiger partial charge in [-0.3, -0.25) is 4.98 Å². The van der Waals surface area contributed by atoms with Gasteiger partial charge in [0.05, 0.1) is 19.3 Å². The Morgan fingerprint density at radius 2 is 1.51 bits per heavy atom. The van der Waals surface area contributed by atoms with Crippen LogP contribution < -0.4 is 0 Å². The Kier molecular flexibility index (Phi) is 7.89. The van der Waals surface area contributed by atoms with Gasteiger partial charge in [0.2, 0.25) is 0 Å². The second kappa shape index (κ2) is 10.5. The Morgan fingerprint density at radius 3 is 2.03 bits per heavy atom. The Balaban J connectivity index is 2.06. The van der Waals surface area contributed by atoms with E-state index < -0.39 is 26.0 Å². The van der Waals surface area contributed by atoms with Crippen LogP contribution in [-0.2, 0) is 12.6 Å². The molecule has 0 fully saturated rings. The third-order valence-corrected chi connectivity index (χ3v) is 15.1. The first-order valence-corrected chi connectivity index (χ1v) is 16.8. The molecule has 1 aromatic heterocycles. The molecule has 0 amide bonds. The normalized spacial score (nSPS) is 17.3. The third kappa shape index (κ3) is 5.56. The highest BCUT2D eigenvalue weighted by molar-refractivity contribution is 6.81. The maximum Gasteiger partial charge on any atom is 0.416 e. The Labute approximate surface area is 229 Å². The van der Waals surface area contributed by atoms with E-state index in [2.05, 4.69) is 33.9 Å². The summed E-state index contributed by atoms with van der Waals surface area (Å²) in [5.41, 5.74) is 4.01. The summed E-state index contributed by atoms with van der Waals surface area (Å²) in [6.45, 7) is 15.5. The van der Waals surface area contributed by atoms with Crippen molar-refractivity contribution < 1.29 is 22.0 Å². The number of pyridine rings is 1. The second-order valence-electron chi connectivity index (χ2n) is 12.7. The fourth-order valence-corrected chi connectivity index (χ4v) is 8.75. The SMILES string of the molecule is CC(C)c1nc2c(c(-c3ccc(F)cc3)c1C(F)c1ccc(C(F)(F)F)cc1)C([Si](C)(C)C(C)(C)C)CCC2. The molecule has 0 N–H and O–H groups in total. The molecule has 2 aromatic carbocycles. The van der Waals surface area contributed by atoms with E-state index in [-0.39, 0.29) is 27.9 Å². The van der Waals surface area contributed by atoms with E-state index in [1.54, 1.807) is 12.1 Å². The van der Waals surface area contributed by atoms with Crippen LogP contribution in [0.15, 0.2) is 48.5 Å². The average molecular weight is 560 g/mol. The maximum atomic E-state index is 16.8. The number of aryl methyl sites for hydroxylation is 1. The first-order valence-electron chi connectivity index (χ1n) is 13.7. The van der Waals surface area contributed by atoms with Crippen LogP contribution in [-0.4, -0.2) is 13.1 Å². The van der Waals surface area contributed by atoms with Crippen molar-refractivity contribution in [1.29, 1.82) is 0 Å². The molecule has 1 nitrogen and oxygen atoms in total. The molecule has 0 saturated carbocycles. The number of rotatable bonds is 5. The van der Waals surface area contributed by atoms with Gasteiger partial charge in [0, 0.05) is 11.3 Å². The minimum atomic E-state index is -4.50. The molecule has 7 heteroatoms. The van der Waals surface area contributed by atoms with E-state index in [9.17, 15) is 17.6 Å². The van der Waals surface area contributed by atoms with Gasteiger partial charge in [-0.25, -0.2) is 8.78 Å². The van der Waals surface area contributed by atoms with Gasteiger partial charge >= 0.3 is 6.18 Å². The topological polar surface area (TPSA) is 12.9 Å². The van der Waals surface area contributed by atoms with Crippen molar-refractivity contribution in [2.24, 2.45) is 0 Å². The van der Waals surface area contributed by atoms with Gasteiger partial charge in [-0.15, -0.1) is 0 Å². The number of halogens is 5. The summed E-state index contributed by atoms with van der Waals surface area (Å²) in [6.07, 6.45) is -3.45.